The SMILES string of the molecule is CC(C)(C)c1ccc(Oc2ccc([S+](c3ccc(C(C)(C)C)cc3)c3ccc(C(C)(C)C)cc3)cc2)cc1.CC(C)(C)c1ccc([S+](c2ccc(Oc3ccccc3)cc2)c2ccc(C(C)(C)C)cc2)cc1. The summed E-state index contributed by atoms with van der Waals surface area (Å²) in [5.41, 5.74) is 7.41. The summed E-state index contributed by atoms with van der Waals surface area (Å²) in [6, 6.07) is 72.3. The molecule has 0 unspecified atom stereocenters. The minimum Gasteiger partial charge on any atom is -0.457 e. The summed E-state index contributed by atoms with van der Waals surface area (Å²) in [5.74, 6) is 3.42. The van der Waals surface area contributed by atoms with Crippen LogP contribution < -0.4 is 9.47 Å². The van der Waals surface area contributed by atoms with E-state index in [1.54, 1.807) is 0 Å². The summed E-state index contributed by atoms with van der Waals surface area (Å²) >= 11 is 0. The van der Waals surface area contributed by atoms with Crippen molar-refractivity contribution < 1.29 is 9.47 Å². The molecule has 0 aliphatic heterocycles. The van der Waals surface area contributed by atoms with Crippen molar-refractivity contribution in [1.29, 1.82) is 0 Å². The summed E-state index contributed by atoms with van der Waals surface area (Å²) in [5, 5.41) is 0. The van der Waals surface area contributed by atoms with E-state index < -0.39 is 0 Å². The molecule has 8 aromatic carbocycles. The number of hydrogen-bond donors (Lipinski definition) is 0. The van der Waals surface area contributed by atoms with Crippen molar-refractivity contribution in [3.8, 4) is 23.0 Å². The first-order valence-corrected chi connectivity index (χ1v) is 27.9. The lowest BCUT2D eigenvalue weighted by atomic mass is 9.87. The van der Waals surface area contributed by atoms with Crippen molar-refractivity contribution in [3.63, 3.8) is 0 Å². The molecular formula is C68H78O2S2+2. The fourth-order valence-corrected chi connectivity index (χ4v) is 12.3. The van der Waals surface area contributed by atoms with E-state index in [1.165, 1.54) is 57.2 Å². The molecule has 0 radical (unpaired) electrons. The minimum absolute atomic E-state index is 0.131. The maximum atomic E-state index is 6.20. The average molecular weight is 992 g/mol. The summed E-state index contributed by atoms with van der Waals surface area (Å²) in [7, 11) is -0.403. The Labute approximate surface area is 440 Å². The van der Waals surface area contributed by atoms with Gasteiger partial charge in [-0.2, -0.15) is 0 Å². The number of ether oxygens (including phenoxy) is 2. The maximum Gasteiger partial charge on any atom is 0.166 e. The van der Waals surface area contributed by atoms with Gasteiger partial charge < -0.3 is 9.47 Å². The fraction of sp³-hybridized carbons (Fsp3) is 0.294. The predicted molar refractivity (Wildman–Crippen MR) is 310 cm³/mol. The molecule has 0 atom stereocenters. The normalized spacial score (nSPS) is 12.3. The second kappa shape index (κ2) is 22.0. The molecule has 8 aromatic rings. The van der Waals surface area contributed by atoms with E-state index >= 15 is 0 Å². The van der Waals surface area contributed by atoms with E-state index in [9.17, 15) is 0 Å². The Balaban J connectivity index is 0.000000213. The van der Waals surface area contributed by atoms with Crippen LogP contribution in [-0.2, 0) is 48.9 Å². The molecule has 0 aliphatic carbocycles. The molecule has 0 spiro atoms. The number of rotatable bonds is 10. The lowest BCUT2D eigenvalue weighted by Crippen LogP contribution is -2.13. The van der Waals surface area contributed by atoms with Crippen LogP contribution in [0.3, 0.4) is 0 Å². The molecule has 0 saturated heterocycles. The monoisotopic (exact) mass is 991 g/mol. The van der Waals surface area contributed by atoms with Gasteiger partial charge in [0, 0.05) is 0 Å². The second-order valence-electron chi connectivity index (χ2n) is 23.9. The van der Waals surface area contributed by atoms with Gasteiger partial charge in [0.2, 0.25) is 0 Å². The summed E-state index contributed by atoms with van der Waals surface area (Å²) in [4.78, 5) is 7.88. The molecule has 0 bridgehead atoms. The number of hydrogen-bond acceptors (Lipinski definition) is 2. The van der Waals surface area contributed by atoms with Crippen molar-refractivity contribution in [3.05, 3.63) is 228 Å². The first-order valence-electron chi connectivity index (χ1n) is 25.5. The van der Waals surface area contributed by atoms with Gasteiger partial charge in [-0.3, -0.25) is 0 Å². The Kier molecular flexibility index (Phi) is 16.5. The third kappa shape index (κ3) is 14.2. The Bertz CT molecular complexity index is 2820. The van der Waals surface area contributed by atoms with E-state index in [0.29, 0.717) is 0 Å². The van der Waals surface area contributed by atoms with Crippen molar-refractivity contribution in [1.82, 2.24) is 0 Å². The molecule has 4 heteroatoms. The lowest BCUT2D eigenvalue weighted by Gasteiger charge is -2.20. The first kappa shape index (κ1) is 53.8. The van der Waals surface area contributed by atoms with Crippen LogP contribution in [0.5, 0.6) is 23.0 Å². The van der Waals surface area contributed by atoms with Gasteiger partial charge in [-0.15, -0.1) is 0 Å². The van der Waals surface area contributed by atoms with Crippen molar-refractivity contribution in [2.75, 3.05) is 0 Å². The van der Waals surface area contributed by atoms with Crippen molar-refractivity contribution in [2.45, 2.75) is 160 Å². The van der Waals surface area contributed by atoms with Gasteiger partial charge in [0.05, 0.1) is 21.8 Å². The van der Waals surface area contributed by atoms with Crippen molar-refractivity contribution in [2.24, 2.45) is 0 Å². The molecule has 8 rings (SSSR count). The zero-order valence-corrected chi connectivity index (χ0v) is 47.3. The average Bonchev–Trinajstić information content (AvgIpc) is 3.33. The Morgan fingerprint density at radius 1 is 0.208 bits per heavy atom. The van der Waals surface area contributed by atoms with Crippen LogP contribution in [0.25, 0.3) is 0 Å². The predicted octanol–water partition coefficient (Wildman–Crippen LogP) is 19.6. The van der Waals surface area contributed by atoms with E-state index in [1.807, 2.05) is 30.3 Å². The summed E-state index contributed by atoms with van der Waals surface area (Å²) in [6.07, 6.45) is 0. The van der Waals surface area contributed by atoms with E-state index in [-0.39, 0.29) is 48.9 Å². The summed E-state index contributed by atoms with van der Waals surface area (Å²) in [6.45, 7) is 33.9. The van der Waals surface area contributed by atoms with Gasteiger partial charge in [0.15, 0.2) is 29.4 Å². The van der Waals surface area contributed by atoms with Crippen LogP contribution in [0.2, 0.25) is 0 Å². The molecule has 2 nitrogen and oxygen atoms in total. The molecule has 0 amide bonds. The van der Waals surface area contributed by atoms with Crippen LogP contribution in [0.15, 0.2) is 230 Å². The quantitative estimate of drug-likeness (QED) is 0.127. The molecule has 372 valence electrons. The standard InChI is InChI=1S/C36H43OS.C32H35OS/c1-34(2,3)26-10-16-29(17-11-26)37-30-18-24-33(25-19-30)38(31-20-12-27(13-21-31)35(4,5)6)32-22-14-28(15-23-32)36(7,8)9;1-31(2,3)24-12-18-28(19-13-24)34(29-20-14-25(15-21-29)32(4,5)6)30-22-16-27(17-23-30)33-26-10-8-7-9-11-26/h10-25H,1-9H3;7-23H,1-6H3/q2*+1. The van der Waals surface area contributed by atoms with E-state index in [2.05, 4.69) is 274 Å². The highest BCUT2D eigenvalue weighted by atomic mass is 32.2. The van der Waals surface area contributed by atoms with E-state index in [4.69, 9.17) is 9.47 Å². The van der Waals surface area contributed by atoms with Crippen LogP contribution in [0.1, 0.15) is 132 Å². The van der Waals surface area contributed by atoms with Gasteiger partial charge in [0.1, 0.15) is 23.0 Å². The smallest absolute Gasteiger partial charge is 0.166 e. The Hall–Kier alpha value is -5.94. The Morgan fingerprint density at radius 3 is 0.583 bits per heavy atom. The molecule has 0 saturated carbocycles. The molecule has 0 fully saturated rings. The highest BCUT2D eigenvalue weighted by Crippen LogP contribution is 2.38. The van der Waals surface area contributed by atoms with Crippen molar-refractivity contribution >= 4 is 21.8 Å². The molecule has 0 heterocycles. The molecule has 0 N–H and O–H groups in total. The molecule has 0 aliphatic rings. The zero-order chi connectivity index (χ0) is 52.1. The molecular weight excluding hydrogens is 913 g/mol. The third-order valence-corrected chi connectivity index (χ3v) is 17.3. The molecule has 72 heavy (non-hydrogen) atoms. The third-order valence-electron chi connectivity index (χ3n) is 12.9. The van der Waals surface area contributed by atoms with Gasteiger partial charge in [-0.05, 0) is 176 Å². The fourth-order valence-electron chi connectivity index (χ4n) is 8.25. The lowest BCUT2D eigenvalue weighted by molar-refractivity contribution is 0.481. The van der Waals surface area contributed by atoms with Gasteiger partial charge in [-0.1, -0.05) is 183 Å². The molecule has 0 aromatic heterocycles. The van der Waals surface area contributed by atoms with Gasteiger partial charge >= 0.3 is 0 Å². The second-order valence-corrected chi connectivity index (χ2v) is 28.0. The van der Waals surface area contributed by atoms with Gasteiger partial charge in [-0.25, -0.2) is 0 Å². The minimum atomic E-state index is -0.208. The zero-order valence-electron chi connectivity index (χ0n) is 45.7. The highest BCUT2D eigenvalue weighted by molar-refractivity contribution is 7.97. The first-order chi connectivity index (χ1) is 33.8. The topological polar surface area (TPSA) is 18.5 Å². The van der Waals surface area contributed by atoms with Crippen LogP contribution in [0.4, 0.5) is 0 Å². The highest BCUT2D eigenvalue weighted by Gasteiger charge is 2.32. The number of para-hydroxylation sites is 1. The van der Waals surface area contributed by atoms with Gasteiger partial charge in [0.25, 0.3) is 0 Å². The number of benzene rings is 8. The Morgan fingerprint density at radius 2 is 0.375 bits per heavy atom. The summed E-state index contributed by atoms with van der Waals surface area (Å²) < 4.78 is 12.2. The van der Waals surface area contributed by atoms with E-state index in [0.717, 1.165) is 23.0 Å². The van der Waals surface area contributed by atoms with Crippen LogP contribution in [0, 0.1) is 0 Å². The van der Waals surface area contributed by atoms with Crippen LogP contribution in [-0.4, -0.2) is 0 Å². The van der Waals surface area contributed by atoms with Crippen LogP contribution >= 0.6 is 0 Å². The maximum absolute atomic E-state index is 6.20. The largest absolute Gasteiger partial charge is 0.457 e.